The predicted octanol–water partition coefficient (Wildman–Crippen LogP) is 4.10. The van der Waals surface area contributed by atoms with Gasteiger partial charge in [0.05, 0.1) is 7.11 Å². The third-order valence-corrected chi connectivity index (χ3v) is 3.94. The highest BCUT2D eigenvalue weighted by Gasteiger charge is 2.03. The van der Waals surface area contributed by atoms with E-state index in [9.17, 15) is 9.59 Å². The number of nitrogens with one attached hydrogen (secondary N) is 2. The van der Waals surface area contributed by atoms with Crippen LogP contribution in [-0.2, 0) is 11.2 Å². The lowest BCUT2D eigenvalue weighted by molar-refractivity contribution is -0.109. The summed E-state index contributed by atoms with van der Waals surface area (Å²) in [7, 11) is 1.57. The number of ether oxygens (including phenoxy) is 1. The molecule has 3 N–H and O–H groups in total. The van der Waals surface area contributed by atoms with Gasteiger partial charge in [-0.2, -0.15) is 0 Å². The number of hydrogen-bond acceptors (Lipinski definition) is 4. The molecule has 0 aliphatic carbocycles. The molecule has 0 unspecified atom stereocenters. The lowest BCUT2D eigenvalue weighted by Gasteiger charge is -2.05. The van der Waals surface area contributed by atoms with E-state index < -0.39 is 0 Å². The fourth-order valence-electron chi connectivity index (χ4n) is 1.88. The number of aryl methyl sites for hydroxylation is 1. The first-order valence-electron chi connectivity index (χ1n) is 9.89. The molecular formula is C24H34N2O4. The zero-order valence-corrected chi connectivity index (χ0v) is 18.4. The monoisotopic (exact) mass is 414 g/mol. The Morgan fingerprint density at radius 2 is 1.63 bits per heavy atom. The van der Waals surface area contributed by atoms with Crippen molar-refractivity contribution >= 4 is 12.3 Å². The number of methoxy groups -OCH3 is 1. The van der Waals surface area contributed by atoms with E-state index in [2.05, 4.69) is 31.1 Å². The number of carbonyl (C=O) groups is 2. The molecule has 30 heavy (non-hydrogen) atoms. The molecule has 0 saturated carbocycles. The fourth-order valence-corrected chi connectivity index (χ4v) is 1.88. The first kappa shape index (κ1) is 26.7. The summed E-state index contributed by atoms with van der Waals surface area (Å²) < 4.78 is 4.98. The zero-order valence-electron chi connectivity index (χ0n) is 18.4. The van der Waals surface area contributed by atoms with Gasteiger partial charge < -0.3 is 20.5 Å². The number of phenols is 1. The number of rotatable bonds is 8. The number of phenolic OH excluding ortho intramolecular Hbond substituents is 1. The molecule has 0 spiro atoms. The molecule has 2 rings (SSSR count). The van der Waals surface area contributed by atoms with E-state index in [1.807, 2.05) is 19.1 Å². The second kappa shape index (κ2) is 16.7. The van der Waals surface area contributed by atoms with Crippen molar-refractivity contribution in [2.75, 3.05) is 20.2 Å². The SMILES string of the molecule is C=C(C)CC.CCc1ccc(O)cc1.COc1ccc(C(=O)NCCNC=O)cc1. The summed E-state index contributed by atoms with van der Waals surface area (Å²) in [5, 5.41) is 14.0. The van der Waals surface area contributed by atoms with Crippen molar-refractivity contribution in [2.24, 2.45) is 0 Å². The molecular weight excluding hydrogens is 380 g/mol. The maximum atomic E-state index is 11.5. The normalized spacial score (nSPS) is 9.07. The summed E-state index contributed by atoms with van der Waals surface area (Å²) >= 11 is 0. The highest BCUT2D eigenvalue weighted by molar-refractivity contribution is 5.94. The van der Waals surface area contributed by atoms with Gasteiger partial charge in [-0.3, -0.25) is 9.59 Å². The van der Waals surface area contributed by atoms with Gasteiger partial charge in [-0.15, -0.1) is 6.58 Å². The van der Waals surface area contributed by atoms with E-state index in [0.717, 1.165) is 12.8 Å². The number of amides is 2. The Bertz CT molecular complexity index is 741. The maximum Gasteiger partial charge on any atom is 0.251 e. The number of benzene rings is 2. The molecule has 0 aromatic heterocycles. The molecule has 0 fully saturated rings. The van der Waals surface area contributed by atoms with Crippen LogP contribution < -0.4 is 15.4 Å². The smallest absolute Gasteiger partial charge is 0.251 e. The van der Waals surface area contributed by atoms with Gasteiger partial charge in [0.1, 0.15) is 11.5 Å². The van der Waals surface area contributed by atoms with E-state index in [1.165, 1.54) is 11.1 Å². The van der Waals surface area contributed by atoms with Gasteiger partial charge in [-0.05, 0) is 61.7 Å². The summed E-state index contributed by atoms with van der Waals surface area (Å²) in [6.07, 6.45) is 2.74. The van der Waals surface area contributed by atoms with Gasteiger partial charge in [0.2, 0.25) is 6.41 Å². The van der Waals surface area contributed by atoms with E-state index in [1.54, 1.807) is 43.5 Å². The van der Waals surface area contributed by atoms with Crippen molar-refractivity contribution in [2.45, 2.75) is 33.6 Å². The van der Waals surface area contributed by atoms with Crippen LogP contribution in [0.4, 0.5) is 0 Å². The Balaban J connectivity index is 0.000000502. The molecule has 2 aromatic rings. The van der Waals surface area contributed by atoms with Crippen molar-refractivity contribution in [1.29, 1.82) is 0 Å². The molecule has 6 heteroatoms. The van der Waals surface area contributed by atoms with Crippen LogP contribution >= 0.6 is 0 Å². The molecule has 0 radical (unpaired) electrons. The summed E-state index contributed by atoms with van der Waals surface area (Å²) in [6, 6.07) is 14.1. The standard InChI is InChI=1S/C11H14N2O3.C8H10O.C5H10/c1-16-10-4-2-9(3-5-10)11(15)13-7-6-12-8-14;1-2-7-3-5-8(9)6-4-7;1-4-5(2)3/h2-5,8H,6-7H2,1H3,(H,12,14)(H,13,15);3-6,9H,2H2,1H3;2,4H2,1,3H3. The second-order valence-electron chi connectivity index (χ2n) is 6.39. The minimum absolute atomic E-state index is 0.171. The fraction of sp³-hybridized carbons (Fsp3) is 0.333. The first-order valence-corrected chi connectivity index (χ1v) is 9.89. The average molecular weight is 415 g/mol. The highest BCUT2D eigenvalue weighted by atomic mass is 16.5. The van der Waals surface area contributed by atoms with Crippen LogP contribution in [0.5, 0.6) is 11.5 Å². The summed E-state index contributed by atoms with van der Waals surface area (Å²) in [5.74, 6) is 0.877. The first-order chi connectivity index (χ1) is 14.4. The average Bonchev–Trinajstić information content (AvgIpc) is 2.78. The predicted molar refractivity (Wildman–Crippen MR) is 122 cm³/mol. The zero-order chi connectivity index (χ0) is 22.8. The maximum absolute atomic E-state index is 11.5. The van der Waals surface area contributed by atoms with E-state index in [-0.39, 0.29) is 5.91 Å². The van der Waals surface area contributed by atoms with Gasteiger partial charge in [0, 0.05) is 18.7 Å². The summed E-state index contributed by atoms with van der Waals surface area (Å²) in [4.78, 5) is 21.5. The molecule has 0 saturated heterocycles. The molecule has 6 nitrogen and oxygen atoms in total. The Labute approximate surface area is 180 Å². The van der Waals surface area contributed by atoms with Crippen LogP contribution in [0.15, 0.2) is 60.7 Å². The van der Waals surface area contributed by atoms with Crippen LogP contribution in [0.2, 0.25) is 0 Å². The lowest BCUT2D eigenvalue weighted by atomic mass is 10.2. The molecule has 2 amide bonds. The minimum atomic E-state index is -0.171. The van der Waals surface area contributed by atoms with Crippen molar-refractivity contribution in [3.05, 3.63) is 71.8 Å². The molecule has 0 heterocycles. The highest BCUT2D eigenvalue weighted by Crippen LogP contribution is 2.11. The van der Waals surface area contributed by atoms with Crippen LogP contribution in [0, 0.1) is 0 Å². The Hall–Kier alpha value is -3.28. The van der Waals surface area contributed by atoms with Crippen LogP contribution in [0.3, 0.4) is 0 Å². The van der Waals surface area contributed by atoms with Gasteiger partial charge >= 0.3 is 0 Å². The second-order valence-corrected chi connectivity index (χ2v) is 6.39. The van der Waals surface area contributed by atoms with Crippen LogP contribution in [0.25, 0.3) is 0 Å². The summed E-state index contributed by atoms with van der Waals surface area (Å²) in [5.41, 5.74) is 3.07. The van der Waals surface area contributed by atoms with Crippen molar-refractivity contribution in [3.8, 4) is 11.5 Å². The Morgan fingerprint density at radius 1 is 1.07 bits per heavy atom. The summed E-state index contributed by atoms with van der Waals surface area (Å²) in [6.45, 7) is 10.7. The largest absolute Gasteiger partial charge is 0.508 e. The quantitative estimate of drug-likeness (QED) is 0.345. The molecule has 0 aliphatic rings. The number of carbonyl (C=O) groups excluding carboxylic acids is 2. The molecule has 164 valence electrons. The van der Waals surface area contributed by atoms with Crippen LogP contribution in [0.1, 0.15) is 43.1 Å². The van der Waals surface area contributed by atoms with Crippen LogP contribution in [-0.4, -0.2) is 37.6 Å². The third kappa shape index (κ3) is 13.0. The lowest BCUT2D eigenvalue weighted by Crippen LogP contribution is -2.31. The van der Waals surface area contributed by atoms with Gasteiger partial charge in [-0.25, -0.2) is 0 Å². The third-order valence-electron chi connectivity index (χ3n) is 3.94. The van der Waals surface area contributed by atoms with Crippen molar-refractivity contribution in [1.82, 2.24) is 10.6 Å². The van der Waals surface area contributed by atoms with E-state index in [4.69, 9.17) is 9.84 Å². The van der Waals surface area contributed by atoms with E-state index in [0.29, 0.717) is 36.6 Å². The number of hydrogen-bond donors (Lipinski definition) is 3. The Kier molecular flexibility index (Phi) is 14.8. The molecule has 0 aliphatic heterocycles. The molecule has 0 bridgehead atoms. The molecule has 2 aromatic carbocycles. The number of allylic oxidation sites excluding steroid dienone is 1. The van der Waals surface area contributed by atoms with Crippen molar-refractivity contribution in [3.63, 3.8) is 0 Å². The van der Waals surface area contributed by atoms with Gasteiger partial charge in [0.15, 0.2) is 0 Å². The van der Waals surface area contributed by atoms with Gasteiger partial charge in [0.25, 0.3) is 5.91 Å². The number of aromatic hydroxyl groups is 1. The molecule has 0 atom stereocenters. The Morgan fingerprint density at radius 3 is 2.07 bits per heavy atom. The minimum Gasteiger partial charge on any atom is -0.508 e. The van der Waals surface area contributed by atoms with Crippen molar-refractivity contribution < 1.29 is 19.4 Å². The topological polar surface area (TPSA) is 87.7 Å². The van der Waals surface area contributed by atoms with Gasteiger partial charge in [-0.1, -0.05) is 31.6 Å². The van der Waals surface area contributed by atoms with E-state index >= 15 is 0 Å².